The zero-order valence-corrected chi connectivity index (χ0v) is 11.9. The lowest BCUT2D eigenvalue weighted by atomic mass is 9.99. The Hall–Kier alpha value is -1.84. The molecule has 0 spiro atoms. The van der Waals surface area contributed by atoms with Crippen LogP contribution in [0, 0.1) is 0 Å². The van der Waals surface area contributed by atoms with E-state index in [1.807, 2.05) is 73.6 Å². The highest BCUT2D eigenvalue weighted by Crippen LogP contribution is 2.27. The van der Waals surface area contributed by atoms with E-state index in [1.165, 1.54) is 0 Å². The second-order valence-electron chi connectivity index (χ2n) is 5.16. The van der Waals surface area contributed by atoms with Gasteiger partial charge in [-0.05, 0) is 23.3 Å². The lowest BCUT2D eigenvalue weighted by Gasteiger charge is -2.18. The van der Waals surface area contributed by atoms with Crippen molar-refractivity contribution in [2.24, 2.45) is 0 Å². The van der Waals surface area contributed by atoms with Crippen molar-refractivity contribution in [1.82, 2.24) is 0 Å². The van der Waals surface area contributed by atoms with Crippen LogP contribution in [-0.2, 0) is 0 Å². The van der Waals surface area contributed by atoms with Crippen molar-refractivity contribution < 1.29 is 10.2 Å². The number of hydrogen-bond donors (Lipinski definition) is 2. The van der Waals surface area contributed by atoms with E-state index in [0.29, 0.717) is 6.42 Å². The fourth-order valence-electron chi connectivity index (χ4n) is 2.15. The summed E-state index contributed by atoms with van der Waals surface area (Å²) in [5.74, 6) is 0. The van der Waals surface area contributed by atoms with Gasteiger partial charge in [0.15, 0.2) is 0 Å². The summed E-state index contributed by atoms with van der Waals surface area (Å²) in [4.78, 5) is 2.01. The van der Waals surface area contributed by atoms with E-state index in [4.69, 9.17) is 0 Å². The lowest BCUT2D eigenvalue weighted by molar-refractivity contribution is 0.0804. The maximum Gasteiger partial charge on any atom is 0.0818 e. The summed E-state index contributed by atoms with van der Waals surface area (Å²) in [5, 5.41) is 20.3. The third-order valence-corrected chi connectivity index (χ3v) is 3.43. The molecular weight excluding hydrogens is 250 g/mol. The Labute approximate surface area is 120 Å². The van der Waals surface area contributed by atoms with Crippen LogP contribution in [0.4, 0.5) is 5.69 Å². The highest BCUT2D eigenvalue weighted by Gasteiger charge is 2.15. The number of nitrogens with zero attached hydrogens (tertiary/aromatic N) is 1. The monoisotopic (exact) mass is 271 g/mol. The average Bonchev–Trinajstić information content (AvgIpc) is 2.48. The summed E-state index contributed by atoms with van der Waals surface area (Å²) in [5.41, 5.74) is 2.74. The quantitative estimate of drug-likeness (QED) is 0.878. The maximum atomic E-state index is 10.2. The van der Waals surface area contributed by atoms with E-state index in [0.717, 1.165) is 16.8 Å². The topological polar surface area (TPSA) is 43.7 Å². The number of hydrogen-bond acceptors (Lipinski definition) is 3. The van der Waals surface area contributed by atoms with Crippen LogP contribution in [0.25, 0.3) is 0 Å². The highest BCUT2D eigenvalue weighted by molar-refractivity contribution is 5.46. The highest BCUT2D eigenvalue weighted by atomic mass is 16.3. The Bertz CT molecular complexity index is 522. The van der Waals surface area contributed by atoms with Gasteiger partial charge >= 0.3 is 0 Å². The molecule has 0 bridgehead atoms. The van der Waals surface area contributed by atoms with Crippen LogP contribution >= 0.6 is 0 Å². The zero-order chi connectivity index (χ0) is 14.5. The Balaban J connectivity index is 2.02. The molecule has 0 aliphatic heterocycles. The molecule has 0 aliphatic carbocycles. The normalized spacial score (nSPS) is 13.8. The minimum atomic E-state index is -0.665. The molecule has 2 aromatic rings. The molecule has 0 fully saturated rings. The van der Waals surface area contributed by atoms with Gasteiger partial charge < -0.3 is 15.1 Å². The lowest BCUT2D eigenvalue weighted by Crippen LogP contribution is -2.09. The van der Waals surface area contributed by atoms with E-state index in [2.05, 4.69) is 0 Å². The molecule has 2 aromatic carbocycles. The first-order valence-electron chi connectivity index (χ1n) is 6.76. The van der Waals surface area contributed by atoms with Crippen LogP contribution in [0.2, 0.25) is 0 Å². The number of anilines is 1. The number of rotatable bonds is 5. The summed E-state index contributed by atoms with van der Waals surface area (Å²) < 4.78 is 0. The zero-order valence-electron chi connectivity index (χ0n) is 11.9. The molecule has 2 rings (SSSR count). The van der Waals surface area contributed by atoms with Gasteiger partial charge in [0.05, 0.1) is 12.2 Å². The minimum absolute atomic E-state index is 0.297. The van der Waals surface area contributed by atoms with Crippen molar-refractivity contribution in [3.63, 3.8) is 0 Å². The van der Waals surface area contributed by atoms with Crippen molar-refractivity contribution >= 4 is 5.69 Å². The summed E-state index contributed by atoms with van der Waals surface area (Å²) in [6, 6.07) is 17.1. The van der Waals surface area contributed by atoms with Crippen molar-refractivity contribution in [1.29, 1.82) is 0 Å². The molecule has 0 amide bonds. The smallest absolute Gasteiger partial charge is 0.0818 e. The molecule has 0 heterocycles. The number of aliphatic hydroxyl groups excluding tert-OH is 2. The van der Waals surface area contributed by atoms with Gasteiger partial charge in [-0.2, -0.15) is 0 Å². The Kier molecular flexibility index (Phi) is 4.77. The van der Waals surface area contributed by atoms with E-state index >= 15 is 0 Å². The van der Waals surface area contributed by atoms with Gasteiger partial charge in [-0.1, -0.05) is 42.5 Å². The van der Waals surface area contributed by atoms with Gasteiger partial charge in [0.25, 0.3) is 0 Å². The largest absolute Gasteiger partial charge is 0.388 e. The van der Waals surface area contributed by atoms with Gasteiger partial charge in [-0.25, -0.2) is 0 Å². The Morgan fingerprint density at radius 1 is 0.800 bits per heavy atom. The Morgan fingerprint density at radius 3 is 1.80 bits per heavy atom. The predicted molar refractivity (Wildman–Crippen MR) is 81.7 cm³/mol. The molecule has 2 unspecified atom stereocenters. The molecule has 0 saturated heterocycles. The van der Waals surface area contributed by atoms with Gasteiger partial charge in [-0.15, -0.1) is 0 Å². The molecule has 2 N–H and O–H groups in total. The molecular formula is C17H21NO2. The van der Waals surface area contributed by atoms with Crippen molar-refractivity contribution in [2.45, 2.75) is 18.6 Å². The number of benzene rings is 2. The predicted octanol–water partition coefficient (Wildman–Crippen LogP) is 2.91. The van der Waals surface area contributed by atoms with E-state index in [1.54, 1.807) is 0 Å². The van der Waals surface area contributed by atoms with Crippen molar-refractivity contribution in [3.8, 4) is 0 Å². The van der Waals surface area contributed by atoms with Gasteiger partial charge in [0.1, 0.15) is 0 Å². The van der Waals surface area contributed by atoms with Crippen LogP contribution in [0.1, 0.15) is 29.8 Å². The SMILES string of the molecule is CN(C)c1ccc(C(O)CC(O)c2ccccc2)cc1. The van der Waals surface area contributed by atoms with Crippen LogP contribution in [-0.4, -0.2) is 24.3 Å². The summed E-state index contributed by atoms with van der Waals surface area (Å²) >= 11 is 0. The van der Waals surface area contributed by atoms with Crippen molar-refractivity contribution in [2.75, 3.05) is 19.0 Å². The second kappa shape index (κ2) is 6.55. The molecule has 2 atom stereocenters. The van der Waals surface area contributed by atoms with Gasteiger partial charge in [-0.3, -0.25) is 0 Å². The summed E-state index contributed by atoms with van der Waals surface area (Å²) in [6.07, 6.45) is -1.02. The molecule has 0 saturated carbocycles. The summed E-state index contributed by atoms with van der Waals surface area (Å²) in [7, 11) is 3.95. The first-order valence-corrected chi connectivity index (χ1v) is 6.76. The molecule has 20 heavy (non-hydrogen) atoms. The molecule has 106 valence electrons. The molecule has 0 radical (unpaired) electrons. The van der Waals surface area contributed by atoms with Crippen LogP contribution in [0.15, 0.2) is 54.6 Å². The molecule has 3 nitrogen and oxygen atoms in total. The van der Waals surface area contributed by atoms with E-state index < -0.39 is 12.2 Å². The first kappa shape index (κ1) is 14.6. The molecule has 3 heteroatoms. The molecule has 0 aromatic heterocycles. The fraction of sp³-hybridized carbons (Fsp3) is 0.294. The van der Waals surface area contributed by atoms with Gasteiger partial charge in [0.2, 0.25) is 0 Å². The average molecular weight is 271 g/mol. The van der Waals surface area contributed by atoms with Crippen molar-refractivity contribution in [3.05, 3.63) is 65.7 Å². The third-order valence-electron chi connectivity index (χ3n) is 3.43. The first-order chi connectivity index (χ1) is 9.58. The Morgan fingerprint density at radius 2 is 1.30 bits per heavy atom. The van der Waals surface area contributed by atoms with Crippen LogP contribution in [0.5, 0.6) is 0 Å². The van der Waals surface area contributed by atoms with Crippen LogP contribution < -0.4 is 4.90 Å². The fourth-order valence-corrected chi connectivity index (χ4v) is 2.15. The van der Waals surface area contributed by atoms with Crippen LogP contribution in [0.3, 0.4) is 0 Å². The standard InChI is InChI=1S/C17H21NO2/c1-18(2)15-10-8-14(9-11-15)17(20)12-16(19)13-6-4-3-5-7-13/h3-11,16-17,19-20H,12H2,1-2H3. The van der Waals surface area contributed by atoms with E-state index in [-0.39, 0.29) is 0 Å². The second-order valence-corrected chi connectivity index (χ2v) is 5.16. The number of aliphatic hydroxyl groups is 2. The van der Waals surface area contributed by atoms with Gasteiger partial charge in [0, 0.05) is 26.2 Å². The minimum Gasteiger partial charge on any atom is -0.388 e. The summed E-state index contributed by atoms with van der Waals surface area (Å²) in [6.45, 7) is 0. The van der Waals surface area contributed by atoms with E-state index in [9.17, 15) is 10.2 Å². The maximum absolute atomic E-state index is 10.2. The molecule has 0 aliphatic rings. The third kappa shape index (κ3) is 3.59.